The Morgan fingerprint density at radius 2 is 2.00 bits per heavy atom. The molecule has 2 nitrogen and oxygen atoms in total. The van der Waals surface area contributed by atoms with Crippen molar-refractivity contribution in [3.8, 4) is 0 Å². The van der Waals surface area contributed by atoms with E-state index in [0.29, 0.717) is 6.04 Å². The smallest absolute Gasteiger partial charge is 0.0549 e. The fourth-order valence-electron chi connectivity index (χ4n) is 2.01. The van der Waals surface area contributed by atoms with Crippen molar-refractivity contribution in [1.29, 1.82) is 0 Å². The van der Waals surface area contributed by atoms with Gasteiger partial charge in [-0.1, -0.05) is 30.7 Å². The van der Waals surface area contributed by atoms with Crippen LogP contribution in [-0.4, -0.2) is 17.8 Å². The lowest BCUT2D eigenvalue weighted by Crippen LogP contribution is -2.23. The maximum atomic E-state index is 9.50. The van der Waals surface area contributed by atoms with Crippen LogP contribution in [0.2, 0.25) is 0 Å². The van der Waals surface area contributed by atoms with E-state index in [2.05, 4.69) is 44.3 Å². The van der Waals surface area contributed by atoms with Gasteiger partial charge in [-0.05, 0) is 51.3 Å². The Morgan fingerprint density at radius 1 is 1.29 bits per heavy atom. The summed E-state index contributed by atoms with van der Waals surface area (Å²) in [5.74, 6) is 0. The molecule has 0 aliphatic heterocycles. The maximum absolute atomic E-state index is 9.50. The molecule has 1 aromatic rings. The summed E-state index contributed by atoms with van der Waals surface area (Å²) < 4.78 is 0. The number of aryl methyl sites for hydroxylation is 2. The molecule has 1 aromatic carbocycles. The van der Waals surface area contributed by atoms with E-state index in [4.69, 9.17) is 0 Å². The van der Waals surface area contributed by atoms with Gasteiger partial charge < -0.3 is 10.4 Å². The van der Waals surface area contributed by atoms with E-state index < -0.39 is 0 Å². The molecule has 2 N–H and O–H groups in total. The van der Waals surface area contributed by atoms with Crippen LogP contribution in [-0.2, 0) is 0 Å². The number of hydrogen-bond donors (Lipinski definition) is 2. The summed E-state index contributed by atoms with van der Waals surface area (Å²) in [6.07, 6.45) is 1.49. The van der Waals surface area contributed by atoms with E-state index in [1.54, 1.807) is 0 Å². The van der Waals surface area contributed by atoms with Gasteiger partial charge in [-0.25, -0.2) is 0 Å². The molecule has 0 fully saturated rings. The molecular formula is C15H25NO. The van der Waals surface area contributed by atoms with Crippen molar-refractivity contribution in [2.45, 2.75) is 52.7 Å². The monoisotopic (exact) mass is 235 g/mol. The van der Waals surface area contributed by atoms with E-state index >= 15 is 0 Å². The van der Waals surface area contributed by atoms with Crippen molar-refractivity contribution in [3.63, 3.8) is 0 Å². The minimum Gasteiger partial charge on any atom is -0.393 e. The molecule has 0 amide bonds. The zero-order chi connectivity index (χ0) is 12.8. The first-order valence-electron chi connectivity index (χ1n) is 6.53. The van der Waals surface area contributed by atoms with Gasteiger partial charge in [-0.3, -0.25) is 0 Å². The van der Waals surface area contributed by atoms with Crippen LogP contribution in [0.25, 0.3) is 0 Å². The van der Waals surface area contributed by atoms with E-state index in [0.717, 1.165) is 19.4 Å². The van der Waals surface area contributed by atoms with Gasteiger partial charge in [0.15, 0.2) is 0 Å². The quantitative estimate of drug-likeness (QED) is 0.794. The maximum Gasteiger partial charge on any atom is 0.0549 e. The first kappa shape index (κ1) is 14.2. The van der Waals surface area contributed by atoms with E-state index in [-0.39, 0.29) is 6.10 Å². The summed E-state index contributed by atoms with van der Waals surface area (Å²) in [5, 5.41) is 13.0. The molecule has 0 saturated carbocycles. The third-order valence-electron chi connectivity index (χ3n) is 3.30. The van der Waals surface area contributed by atoms with Gasteiger partial charge in [-0.15, -0.1) is 0 Å². The largest absolute Gasteiger partial charge is 0.393 e. The molecule has 0 aliphatic rings. The lowest BCUT2D eigenvalue weighted by atomic mass is 10.00. The molecule has 0 aromatic heterocycles. The number of aliphatic hydroxyl groups excluding tert-OH is 1. The molecule has 17 heavy (non-hydrogen) atoms. The topological polar surface area (TPSA) is 32.3 Å². The van der Waals surface area contributed by atoms with E-state index in [1.807, 2.05) is 6.92 Å². The van der Waals surface area contributed by atoms with Crippen LogP contribution in [0.3, 0.4) is 0 Å². The van der Waals surface area contributed by atoms with E-state index in [9.17, 15) is 5.11 Å². The minimum atomic E-state index is -0.173. The standard InChI is InChI=1S/C15H25NO/c1-5-14(17)8-9-16-13(4)15-10-11(2)6-7-12(15)3/h6-7,10,13-14,16-17H,5,8-9H2,1-4H3. The second-order valence-corrected chi connectivity index (χ2v) is 4.89. The highest BCUT2D eigenvalue weighted by Gasteiger charge is 2.08. The van der Waals surface area contributed by atoms with Crippen molar-refractivity contribution in [3.05, 3.63) is 34.9 Å². The SMILES string of the molecule is CCC(O)CCNC(C)c1cc(C)ccc1C. The van der Waals surface area contributed by atoms with Crippen molar-refractivity contribution in [2.75, 3.05) is 6.54 Å². The highest BCUT2D eigenvalue weighted by Crippen LogP contribution is 2.18. The predicted molar refractivity (Wildman–Crippen MR) is 73.2 cm³/mol. The van der Waals surface area contributed by atoms with Gasteiger partial charge >= 0.3 is 0 Å². The molecule has 0 aliphatic carbocycles. The Kier molecular flexibility index (Phi) is 5.66. The molecule has 96 valence electrons. The Labute approximate surface area is 105 Å². The Bertz CT molecular complexity index is 349. The Balaban J connectivity index is 2.52. The number of benzene rings is 1. The summed E-state index contributed by atoms with van der Waals surface area (Å²) in [6, 6.07) is 6.90. The van der Waals surface area contributed by atoms with Gasteiger partial charge in [0, 0.05) is 6.04 Å². The van der Waals surface area contributed by atoms with Crippen LogP contribution >= 0.6 is 0 Å². The first-order chi connectivity index (χ1) is 8.04. The van der Waals surface area contributed by atoms with Crippen LogP contribution in [0.5, 0.6) is 0 Å². The van der Waals surface area contributed by atoms with Gasteiger partial charge in [0.1, 0.15) is 0 Å². The normalized spacial score (nSPS) is 14.6. The number of nitrogens with one attached hydrogen (secondary N) is 1. The Hall–Kier alpha value is -0.860. The minimum absolute atomic E-state index is 0.173. The average molecular weight is 235 g/mol. The highest BCUT2D eigenvalue weighted by molar-refractivity contribution is 5.32. The summed E-state index contributed by atoms with van der Waals surface area (Å²) >= 11 is 0. The molecule has 0 saturated heterocycles. The lowest BCUT2D eigenvalue weighted by molar-refractivity contribution is 0.159. The lowest BCUT2D eigenvalue weighted by Gasteiger charge is -2.18. The molecule has 0 spiro atoms. The van der Waals surface area contributed by atoms with Crippen molar-refractivity contribution < 1.29 is 5.11 Å². The third kappa shape index (κ3) is 4.49. The van der Waals surface area contributed by atoms with Gasteiger partial charge in [0.25, 0.3) is 0 Å². The number of hydrogen-bond acceptors (Lipinski definition) is 2. The molecule has 1 rings (SSSR count). The van der Waals surface area contributed by atoms with Gasteiger partial charge in [-0.2, -0.15) is 0 Å². The average Bonchev–Trinajstić information content (AvgIpc) is 2.31. The molecule has 2 unspecified atom stereocenters. The van der Waals surface area contributed by atoms with Gasteiger partial charge in [0.05, 0.1) is 6.10 Å². The Morgan fingerprint density at radius 3 is 2.65 bits per heavy atom. The van der Waals surface area contributed by atoms with Crippen LogP contribution in [0.1, 0.15) is 49.4 Å². The molecule has 0 heterocycles. The molecule has 0 radical (unpaired) electrons. The first-order valence-corrected chi connectivity index (χ1v) is 6.53. The van der Waals surface area contributed by atoms with Crippen LogP contribution in [0.4, 0.5) is 0 Å². The molecule has 2 atom stereocenters. The van der Waals surface area contributed by atoms with Crippen molar-refractivity contribution >= 4 is 0 Å². The second-order valence-electron chi connectivity index (χ2n) is 4.89. The fourth-order valence-corrected chi connectivity index (χ4v) is 2.01. The zero-order valence-electron chi connectivity index (χ0n) is 11.5. The van der Waals surface area contributed by atoms with Gasteiger partial charge in [0.2, 0.25) is 0 Å². The van der Waals surface area contributed by atoms with Crippen LogP contribution in [0, 0.1) is 13.8 Å². The van der Waals surface area contributed by atoms with Crippen LogP contribution in [0.15, 0.2) is 18.2 Å². The number of aliphatic hydroxyl groups is 1. The predicted octanol–water partition coefficient (Wildman–Crippen LogP) is 3.12. The van der Waals surface area contributed by atoms with Crippen LogP contribution < -0.4 is 5.32 Å². The van der Waals surface area contributed by atoms with E-state index in [1.165, 1.54) is 16.7 Å². The third-order valence-corrected chi connectivity index (χ3v) is 3.30. The molecule has 0 bridgehead atoms. The highest BCUT2D eigenvalue weighted by atomic mass is 16.3. The number of rotatable bonds is 6. The summed E-state index contributed by atoms with van der Waals surface area (Å²) in [6.45, 7) is 9.33. The second kappa shape index (κ2) is 6.77. The summed E-state index contributed by atoms with van der Waals surface area (Å²) in [7, 11) is 0. The van der Waals surface area contributed by atoms with Crippen molar-refractivity contribution in [1.82, 2.24) is 5.32 Å². The van der Waals surface area contributed by atoms with Crippen molar-refractivity contribution in [2.24, 2.45) is 0 Å². The summed E-state index contributed by atoms with van der Waals surface area (Å²) in [4.78, 5) is 0. The fraction of sp³-hybridized carbons (Fsp3) is 0.600. The molecule has 2 heteroatoms. The molecular weight excluding hydrogens is 210 g/mol. The summed E-state index contributed by atoms with van der Waals surface area (Å²) in [5.41, 5.74) is 3.98. The zero-order valence-corrected chi connectivity index (χ0v) is 11.5.